The molecule has 1 N–H and O–H groups in total. The van der Waals surface area contributed by atoms with Crippen molar-refractivity contribution in [2.75, 3.05) is 26.3 Å². The summed E-state index contributed by atoms with van der Waals surface area (Å²) in [5, 5.41) is 2.83. The maximum Gasteiger partial charge on any atom is 0.308 e. The second-order valence-corrected chi connectivity index (χ2v) is 7.13. The third-order valence-electron chi connectivity index (χ3n) is 4.56. The summed E-state index contributed by atoms with van der Waals surface area (Å²) in [6.45, 7) is 10.3. The van der Waals surface area contributed by atoms with Crippen molar-refractivity contribution in [1.82, 2.24) is 10.2 Å². The number of nitrogens with one attached hydrogen (secondary N) is 1. The fraction of sp³-hybridized carbons (Fsp3) is 0.600. The molecule has 1 aromatic carbocycles. The van der Waals surface area contributed by atoms with Gasteiger partial charge in [-0.2, -0.15) is 0 Å². The molecule has 0 radical (unpaired) electrons. The predicted octanol–water partition coefficient (Wildman–Crippen LogP) is 2.21. The highest BCUT2D eigenvalue weighted by Gasteiger charge is 2.24. The van der Waals surface area contributed by atoms with Crippen molar-refractivity contribution in [3.8, 4) is 0 Å². The molecule has 0 spiro atoms. The van der Waals surface area contributed by atoms with Crippen molar-refractivity contribution in [2.45, 2.75) is 52.3 Å². The van der Waals surface area contributed by atoms with Crippen LogP contribution in [0, 0.1) is 6.92 Å². The van der Waals surface area contributed by atoms with Gasteiger partial charge in [0.05, 0.1) is 19.1 Å². The molecule has 1 saturated heterocycles. The van der Waals surface area contributed by atoms with Gasteiger partial charge in [-0.3, -0.25) is 14.5 Å². The van der Waals surface area contributed by atoms with E-state index < -0.39 is 0 Å². The highest BCUT2D eigenvalue weighted by molar-refractivity contribution is 5.76. The van der Waals surface area contributed by atoms with Crippen molar-refractivity contribution >= 4 is 11.9 Å². The van der Waals surface area contributed by atoms with Gasteiger partial charge < -0.3 is 14.8 Å². The lowest BCUT2D eigenvalue weighted by Gasteiger charge is -2.35. The van der Waals surface area contributed by atoms with E-state index in [1.165, 1.54) is 6.92 Å². The third kappa shape index (κ3) is 6.42. The van der Waals surface area contributed by atoms with Gasteiger partial charge in [0, 0.05) is 26.1 Å². The highest BCUT2D eigenvalue weighted by atomic mass is 16.6. The molecule has 1 aliphatic heterocycles. The lowest BCUT2D eigenvalue weighted by atomic mass is 10.0. The summed E-state index contributed by atoms with van der Waals surface area (Å²) in [4.78, 5) is 26.1. The number of rotatable bonds is 7. The molecule has 0 aliphatic carbocycles. The zero-order chi connectivity index (χ0) is 19.1. The van der Waals surface area contributed by atoms with Crippen LogP contribution < -0.4 is 5.32 Å². The summed E-state index contributed by atoms with van der Waals surface area (Å²) >= 11 is 0. The molecule has 6 heteroatoms. The summed E-state index contributed by atoms with van der Waals surface area (Å²) in [5.41, 5.74) is 2.02. The number of morpholine rings is 1. The Morgan fingerprint density at radius 1 is 1.31 bits per heavy atom. The molecular formula is C20H30N2O4. The van der Waals surface area contributed by atoms with Crippen LogP contribution in [0.2, 0.25) is 0 Å². The van der Waals surface area contributed by atoms with Gasteiger partial charge in [0.2, 0.25) is 5.91 Å². The minimum atomic E-state index is -0.389. The number of nitrogens with zero attached hydrogens (tertiary/aromatic N) is 1. The Morgan fingerprint density at radius 3 is 2.62 bits per heavy atom. The average Bonchev–Trinajstić information content (AvgIpc) is 2.60. The summed E-state index contributed by atoms with van der Waals surface area (Å²) in [6, 6.07) is 7.84. The zero-order valence-corrected chi connectivity index (χ0v) is 16.2. The Bertz CT molecular complexity index is 600. The van der Waals surface area contributed by atoms with Gasteiger partial charge in [-0.1, -0.05) is 29.8 Å². The normalized spacial score (nSPS) is 19.2. The standard InChI is InChI=1S/C20H30N2O4/c1-14(2)22-9-10-25-18(12-22)13-26-20(24)11-19(21-16(4)23)17-7-5-15(3)6-8-17/h5-8,14,18-19H,9-13H2,1-4H3,(H,21,23)/t18-,19+/m0/s1. The third-order valence-corrected chi connectivity index (χ3v) is 4.56. The molecule has 6 nitrogen and oxygen atoms in total. The molecule has 1 fully saturated rings. The Labute approximate surface area is 155 Å². The van der Waals surface area contributed by atoms with E-state index in [1.54, 1.807) is 0 Å². The number of hydrogen-bond acceptors (Lipinski definition) is 5. The fourth-order valence-electron chi connectivity index (χ4n) is 3.02. The number of esters is 1. The van der Waals surface area contributed by atoms with Crippen LogP contribution in [0.4, 0.5) is 0 Å². The van der Waals surface area contributed by atoms with Gasteiger partial charge in [0.1, 0.15) is 12.7 Å². The molecule has 0 aromatic heterocycles. The van der Waals surface area contributed by atoms with Gasteiger partial charge in [0.15, 0.2) is 0 Å². The van der Waals surface area contributed by atoms with Gasteiger partial charge >= 0.3 is 5.97 Å². The molecular weight excluding hydrogens is 332 g/mol. The van der Waals surface area contributed by atoms with Gasteiger partial charge in [-0.05, 0) is 26.3 Å². The number of amides is 1. The SMILES string of the molecule is CC(=O)N[C@H](CC(=O)OC[C@@H]1CN(C(C)C)CCO1)c1ccc(C)cc1. The average molecular weight is 362 g/mol. The maximum absolute atomic E-state index is 12.3. The largest absolute Gasteiger partial charge is 0.463 e. The minimum absolute atomic E-state index is 0.100. The lowest BCUT2D eigenvalue weighted by Crippen LogP contribution is -2.47. The summed E-state index contributed by atoms with van der Waals surface area (Å²) in [7, 11) is 0. The molecule has 0 unspecified atom stereocenters. The van der Waals surface area contributed by atoms with Crippen LogP contribution in [0.5, 0.6) is 0 Å². The molecule has 1 aromatic rings. The van der Waals surface area contributed by atoms with Crippen molar-refractivity contribution in [3.05, 3.63) is 35.4 Å². The van der Waals surface area contributed by atoms with Gasteiger partial charge in [0.25, 0.3) is 0 Å². The topological polar surface area (TPSA) is 67.9 Å². The van der Waals surface area contributed by atoms with E-state index in [-0.39, 0.29) is 37.0 Å². The van der Waals surface area contributed by atoms with Crippen molar-refractivity contribution in [3.63, 3.8) is 0 Å². The first-order chi connectivity index (χ1) is 12.3. The first-order valence-electron chi connectivity index (χ1n) is 9.20. The Kier molecular flexibility index (Phi) is 7.60. The number of benzene rings is 1. The monoisotopic (exact) mass is 362 g/mol. The molecule has 1 heterocycles. The van der Waals surface area contributed by atoms with Crippen molar-refractivity contribution < 1.29 is 19.1 Å². The van der Waals surface area contributed by atoms with E-state index in [1.807, 2.05) is 31.2 Å². The quantitative estimate of drug-likeness (QED) is 0.753. The van der Waals surface area contributed by atoms with Crippen LogP contribution >= 0.6 is 0 Å². The highest BCUT2D eigenvalue weighted by Crippen LogP contribution is 2.19. The van der Waals surface area contributed by atoms with E-state index in [0.717, 1.165) is 24.2 Å². The van der Waals surface area contributed by atoms with Gasteiger partial charge in [-0.25, -0.2) is 0 Å². The Balaban J connectivity index is 1.88. The van der Waals surface area contributed by atoms with Crippen LogP contribution in [0.15, 0.2) is 24.3 Å². The van der Waals surface area contributed by atoms with Crippen LogP contribution in [-0.4, -0.2) is 55.2 Å². The summed E-state index contributed by atoms with van der Waals surface area (Å²) in [5.74, 6) is -0.513. The van der Waals surface area contributed by atoms with Crippen LogP contribution in [0.25, 0.3) is 0 Å². The van der Waals surface area contributed by atoms with E-state index in [4.69, 9.17) is 9.47 Å². The minimum Gasteiger partial charge on any atom is -0.463 e. The second-order valence-electron chi connectivity index (χ2n) is 7.13. The van der Waals surface area contributed by atoms with Crippen LogP contribution in [-0.2, 0) is 19.1 Å². The first kappa shape index (κ1) is 20.4. The van der Waals surface area contributed by atoms with Gasteiger partial charge in [-0.15, -0.1) is 0 Å². The number of carbonyl (C=O) groups is 2. The van der Waals surface area contributed by atoms with E-state index in [0.29, 0.717) is 12.6 Å². The molecule has 144 valence electrons. The number of aryl methyl sites for hydroxylation is 1. The molecule has 2 atom stereocenters. The molecule has 0 saturated carbocycles. The molecule has 2 rings (SSSR count). The maximum atomic E-state index is 12.3. The van der Waals surface area contributed by atoms with Crippen molar-refractivity contribution in [2.24, 2.45) is 0 Å². The second kappa shape index (κ2) is 9.69. The summed E-state index contributed by atoms with van der Waals surface area (Å²) < 4.78 is 11.1. The predicted molar refractivity (Wildman–Crippen MR) is 99.8 cm³/mol. The Hall–Kier alpha value is -1.92. The fourth-order valence-corrected chi connectivity index (χ4v) is 3.02. The van der Waals surface area contributed by atoms with Crippen molar-refractivity contribution in [1.29, 1.82) is 0 Å². The molecule has 26 heavy (non-hydrogen) atoms. The van der Waals surface area contributed by atoms with E-state index in [2.05, 4.69) is 24.1 Å². The number of carbonyl (C=O) groups excluding carboxylic acids is 2. The number of ether oxygens (including phenoxy) is 2. The smallest absolute Gasteiger partial charge is 0.308 e. The molecule has 1 amide bonds. The molecule has 1 aliphatic rings. The lowest BCUT2D eigenvalue weighted by molar-refractivity contribution is -0.151. The number of hydrogen-bond donors (Lipinski definition) is 1. The van der Waals surface area contributed by atoms with E-state index >= 15 is 0 Å². The molecule has 0 bridgehead atoms. The van der Waals surface area contributed by atoms with Crippen LogP contribution in [0.1, 0.15) is 44.4 Å². The van der Waals surface area contributed by atoms with E-state index in [9.17, 15) is 9.59 Å². The summed E-state index contributed by atoms with van der Waals surface area (Å²) in [6.07, 6.45) is -0.00261. The Morgan fingerprint density at radius 2 is 2.00 bits per heavy atom. The first-order valence-corrected chi connectivity index (χ1v) is 9.20. The zero-order valence-electron chi connectivity index (χ0n) is 16.2. The van der Waals surface area contributed by atoms with Crippen LogP contribution in [0.3, 0.4) is 0 Å².